The molecule has 0 saturated heterocycles. The SMILES string of the molecule is C=CCNS(=O)(=O)c1cc(C(=O)Nc2ccc(C)c([N+](=O)[O-])c2)ccc1F. The van der Waals surface area contributed by atoms with Gasteiger partial charge < -0.3 is 5.32 Å². The summed E-state index contributed by atoms with van der Waals surface area (Å²) in [6.45, 7) is 4.81. The first-order valence-electron chi connectivity index (χ1n) is 7.62. The van der Waals surface area contributed by atoms with Gasteiger partial charge in [0.05, 0.1) is 4.92 Å². The number of rotatable bonds is 7. The van der Waals surface area contributed by atoms with Crippen LogP contribution in [-0.2, 0) is 10.0 Å². The van der Waals surface area contributed by atoms with Crippen LogP contribution in [0.4, 0.5) is 15.8 Å². The van der Waals surface area contributed by atoms with Crippen molar-refractivity contribution in [2.24, 2.45) is 0 Å². The van der Waals surface area contributed by atoms with Gasteiger partial charge in [-0.05, 0) is 31.2 Å². The summed E-state index contributed by atoms with van der Waals surface area (Å²) >= 11 is 0. The van der Waals surface area contributed by atoms with Crippen molar-refractivity contribution in [3.63, 3.8) is 0 Å². The summed E-state index contributed by atoms with van der Waals surface area (Å²) in [6.07, 6.45) is 1.29. The number of sulfonamides is 1. The maximum absolute atomic E-state index is 13.9. The summed E-state index contributed by atoms with van der Waals surface area (Å²) in [5.41, 5.74) is 0.264. The van der Waals surface area contributed by atoms with Gasteiger partial charge in [-0.15, -0.1) is 6.58 Å². The first-order chi connectivity index (χ1) is 12.7. The normalized spacial score (nSPS) is 11.0. The van der Waals surface area contributed by atoms with Crippen LogP contribution in [0.5, 0.6) is 0 Å². The van der Waals surface area contributed by atoms with E-state index in [0.717, 1.165) is 18.2 Å². The Morgan fingerprint density at radius 1 is 1.30 bits per heavy atom. The van der Waals surface area contributed by atoms with Crippen molar-refractivity contribution in [3.05, 3.63) is 76.1 Å². The first-order valence-corrected chi connectivity index (χ1v) is 9.10. The maximum Gasteiger partial charge on any atom is 0.274 e. The molecule has 0 saturated carbocycles. The lowest BCUT2D eigenvalue weighted by Crippen LogP contribution is -2.25. The number of carbonyl (C=O) groups excluding carboxylic acids is 1. The largest absolute Gasteiger partial charge is 0.322 e. The Morgan fingerprint density at radius 3 is 2.63 bits per heavy atom. The predicted octanol–water partition coefficient (Wildman–Crippen LogP) is 2.76. The Labute approximate surface area is 154 Å². The number of halogens is 1. The van der Waals surface area contributed by atoms with Gasteiger partial charge in [0.15, 0.2) is 0 Å². The van der Waals surface area contributed by atoms with Crippen molar-refractivity contribution in [2.75, 3.05) is 11.9 Å². The number of carbonyl (C=O) groups is 1. The van der Waals surface area contributed by atoms with Crippen LogP contribution in [0.25, 0.3) is 0 Å². The lowest BCUT2D eigenvalue weighted by atomic mass is 10.1. The van der Waals surface area contributed by atoms with Crippen LogP contribution < -0.4 is 10.0 Å². The average molecular weight is 393 g/mol. The topological polar surface area (TPSA) is 118 Å². The highest BCUT2D eigenvalue weighted by Gasteiger charge is 2.21. The van der Waals surface area contributed by atoms with Gasteiger partial charge in [0.2, 0.25) is 10.0 Å². The van der Waals surface area contributed by atoms with Crippen LogP contribution in [0.15, 0.2) is 53.9 Å². The van der Waals surface area contributed by atoms with E-state index in [1.807, 2.05) is 0 Å². The molecule has 8 nitrogen and oxygen atoms in total. The van der Waals surface area contributed by atoms with Crippen LogP contribution in [0, 0.1) is 22.9 Å². The molecule has 2 N–H and O–H groups in total. The van der Waals surface area contributed by atoms with E-state index < -0.39 is 31.6 Å². The van der Waals surface area contributed by atoms with Crippen LogP contribution in [0.2, 0.25) is 0 Å². The number of amides is 1. The summed E-state index contributed by atoms with van der Waals surface area (Å²) in [5, 5.41) is 13.4. The maximum atomic E-state index is 13.9. The average Bonchev–Trinajstić information content (AvgIpc) is 2.61. The van der Waals surface area contributed by atoms with E-state index in [-0.39, 0.29) is 23.5 Å². The first kappa shape index (κ1) is 20.2. The molecule has 0 aliphatic carbocycles. The molecule has 0 unspecified atom stereocenters. The van der Waals surface area contributed by atoms with E-state index in [1.165, 1.54) is 24.3 Å². The number of anilines is 1. The molecule has 0 aromatic heterocycles. The van der Waals surface area contributed by atoms with Gasteiger partial charge in [0.1, 0.15) is 10.7 Å². The number of hydrogen-bond acceptors (Lipinski definition) is 5. The molecular weight excluding hydrogens is 377 g/mol. The summed E-state index contributed by atoms with van der Waals surface area (Å²) in [5.74, 6) is -1.76. The smallest absolute Gasteiger partial charge is 0.274 e. The van der Waals surface area contributed by atoms with Crippen LogP contribution >= 0.6 is 0 Å². The second-order valence-electron chi connectivity index (χ2n) is 5.50. The molecular formula is C17H16FN3O5S. The molecule has 0 aliphatic rings. The number of aryl methyl sites for hydroxylation is 1. The third kappa shape index (κ3) is 4.74. The second-order valence-corrected chi connectivity index (χ2v) is 7.23. The zero-order valence-corrected chi connectivity index (χ0v) is 15.0. The summed E-state index contributed by atoms with van der Waals surface area (Å²) in [7, 11) is -4.17. The van der Waals surface area contributed by atoms with Gasteiger partial charge in [-0.1, -0.05) is 12.1 Å². The number of benzene rings is 2. The van der Waals surface area contributed by atoms with E-state index >= 15 is 0 Å². The molecule has 2 rings (SSSR count). The Morgan fingerprint density at radius 2 is 2.00 bits per heavy atom. The van der Waals surface area contributed by atoms with Crippen molar-refractivity contribution in [1.82, 2.24) is 4.72 Å². The number of nitro benzene ring substituents is 1. The molecule has 1 amide bonds. The minimum Gasteiger partial charge on any atom is -0.322 e. The minimum absolute atomic E-state index is 0.106. The fraction of sp³-hybridized carbons (Fsp3) is 0.118. The van der Waals surface area contributed by atoms with E-state index in [4.69, 9.17) is 0 Å². The molecule has 0 bridgehead atoms. The van der Waals surface area contributed by atoms with Gasteiger partial charge in [-0.25, -0.2) is 17.5 Å². The monoisotopic (exact) mass is 393 g/mol. The molecule has 0 aliphatic heterocycles. The molecule has 0 spiro atoms. The van der Waals surface area contributed by atoms with Crippen LogP contribution in [0.3, 0.4) is 0 Å². The van der Waals surface area contributed by atoms with Gasteiger partial charge >= 0.3 is 0 Å². The van der Waals surface area contributed by atoms with Gasteiger partial charge in [-0.3, -0.25) is 14.9 Å². The van der Waals surface area contributed by atoms with Gasteiger partial charge in [0.25, 0.3) is 11.6 Å². The molecule has 0 atom stereocenters. The van der Waals surface area contributed by atoms with Crippen molar-refractivity contribution < 1.29 is 22.5 Å². The van der Waals surface area contributed by atoms with Gasteiger partial charge in [0, 0.05) is 29.4 Å². The molecule has 0 radical (unpaired) electrons. The second kappa shape index (κ2) is 8.06. The Kier molecular flexibility index (Phi) is 6.03. The highest BCUT2D eigenvalue weighted by Crippen LogP contribution is 2.23. The predicted molar refractivity (Wildman–Crippen MR) is 97.6 cm³/mol. The van der Waals surface area contributed by atoms with Crippen molar-refractivity contribution >= 4 is 27.3 Å². The van der Waals surface area contributed by atoms with E-state index in [9.17, 15) is 27.7 Å². The molecule has 2 aromatic rings. The number of nitrogens with one attached hydrogen (secondary N) is 2. The highest BCUT2D eigenvalue weighted by atomic mass is 32.2. The molecule has 10 heteroatoms. The van der Waals surface area contributed by atoms with E-state index in [0.29, 0.717) is 5.56 Å². The third-order valence-electron chi connectivity index (χ3n) is 3.56. The molecule has 0 fully saturated rings. The summed E-state index contributed by atoms with van der Waals surface area (Å²) in [6, 6.07) is 6.97. The molecule has 142 valence electrons. The van der Waals surface area contributed by atoms with Gasteiger partial charge in [-0.2, -0.15) is 0 Å². The summed E-state index contributed by atoms with van der Waals surface area (Å²) < 4.78 is 40.2. The summed E-state index contributed by atoms with van der Waals surface area (Å²) in [4.78, 5) is 22.1. The molecule has 27 heavy (non-hydrogen) atoms. The quantitative estimate of drug-likeness (QED) is 0.426. The standard InChI is InChI=1S/C17H16FN3O5S/c1-3-8-19-27(25,26)16-9-12(5-7-14(16)18)17(22)20-13-6-4-11(2)15(10-13)21(23)24/h3-7,9-10,19H,1,8H2,2H3,(H,20,22). The molecule has 0 heterocycles. The Balaban J connectivity index is 2.32. The lowest BCUT2D eigenvalue weighted by molar-refractivity contribution is -0.385. The van der Waals surface area contributed by atoms with E-state index in [2.05, 4.69) is 16.6 Å². The zero-order chi connectivity index (χ0) is 20.2. The zero-order valence-electron chi connectivity index (χ0n) is 14.2. The lowest BCUT2D eigenvalue weighted by Gasteiger charge is -2.09. The van der Waals surface area contributed by atoms with Crippen LogP contribution in [-0.4, -0.2) is 25.8 Å². The Bertz CT molecular complexity index is 1020. The fourth-order valence-corrected chi connectivity index (χ4v) is 3.28. The number of nitro groups is 1. The minimum atomic E-state index is -4.17. The van der Waals surface area contributed by atoms with E-state index in [1.54, 1.807) is 6.92 Å². The Hall–Kier alpha value is -3.11. The third-order valence-corrected chi connectivity index (χ3v) is 5.00. The molecule has 2 aromatic carbocycles. The van der Waals surface area contributed by atoms with Crippen LogP contribution in [0.1, 0.15) is 15.9 Å². The number of nitrogens with zero attached hydrogens (tertiary/aromatic N) is 1. The van der Waals surface area contributed by atoms with Crippen molar-refractivity contribution in [3.8, 4) is 0 Å². The van der Waals surface area contributed by atoms with Crippen molar-refractivity contribution in [1.29, 1.82) is 0 Å². The van der Waals surface area contributed by atoms with Crippen molar-refractivity contribution in [2.45, 2.75) is 11.8 Å². The fourth-order valence-electron chi connectivity index (χ4n) is 2.18. The highest BCUT2D eigenvalue weighted by molar-refractivity contribution is 7.89. The number of hydrogen-bond donors (Lipinski definition) is 2.